The number of rotatable bonds is 1. The Labute approximate surface area is 78.0 Å². The normalized spacial score (nSPS) is 10.7. The molecule has 5 heteroatoms. The molecule has 1 aromatic carbocycles. The summed E-state index contributed by atoms with van der Waals surface area (Å²) in [6.07, 6.45) is -1.35. The minimum Gasteiger partial charge on any atom is -0.345 e. The highest BCUT2D eigenvalue weighted by molar-refractivity contribution is 5.81. The van der Waals surface area contributed by atoms with Gasteiger partial charge in [0.15, 0.2) is 0 Å². The maximum Gasteiger partial charge on any atom is 0.267 e. The van der Waals surface area contributed by atoms with Crippen molar-refractivity contribution in [2.24, 2.45) is 0 Å². The Kier molecular flexibility index (Phi) is 1.89. The summed E-state index contributed by atoms with van der Waals surface area (Å²) in [5, 5.41) is 8.64. The maximum absolute atomic E-state index is 12.6. The molecule has 0 aliphatic carbocycles. The molecule has 0 atom stereocenters. The van der Waals surface area contributed by atoms with Crippen LogP contribution in [0.5, 0.6) is 0 Å². The summed E-state index contributed by atoms with van der Waals surface area (Å²) < 4.78 is 25.2. The van der Waals surface area contributed by atoms with E-state index in [1.807, 2.05) is 0 Å². The molecule has 0 aliphatic rings. The third-order valence-corrected chi connectivity index (χ3v) is 1.97. The van der Waals surface area contributed by atoms with Gasteiger partial charge in [-0.2, -0.15) is 5.26 Å². The van der Waals surface area contributed by atoms with Crippen LogP contribution in [0.4, 0.5) is 8.78 Å². The lowest BCUT2D eigenvalue weighted by Gasteiger charge is -2.02. The van der Waals surface area contributed by atoms with Crippen molar-refractivity contribution in [1.82, 2.24) is 9.97 Å². The molecule has 2 aromatic rings. The molecule has 0 spiro atoms. The van der Waals surface area contributed by atoms with Gasteiger partial charge in [0.1, 0.15) is 0 Å². The lowest BCUT2D eigenvalue weighted by atomic mass is 10.1. The van der Waals surface area contributed by atoms with Crippen LogP contribution in [0, 0.1) is 11.3 Å². The Morgan fingerprint density at radius 1 is 1.43 bits per heavy atom. The smallest absolute Gasteiger partial charge is 0.267 e. The predicted octanol–water partition coefficient (Wildman–Crippen LogP) is 2.37. The molecule has 2 rings (SSSR count). The molecular weight excluding hydrogens is 188 g/mol. The minimum absolute atomic E-state index is 0.0281. The molecule has 14 heavy (non-hydrogen) atoms. The number of halogens is 2. The van der Waals surface area contributed by atoms with Crippen LogP contribution < -0.4 is 0 Å². The van der Waals surface area contributed by atoms with Crippen LogP contribution in [0.25, 0.3) is 11.0 Å². The number of benzene rings is 1. The fraction of sp³-hybridized carbons (Fsp3) is 0.111. The maximum atomic E-state index is 12.6. The number of imidazole rings is 1. The molecule has 0 saturated carbocycles. The second-order valence-electron chi connectivity index (χ2n) is 2.74. The molecule has 0 fully saturated rings. The Hall–Kier alpha value is -1.96. The van der Waals surface area contributed by atoms with Gasteiger partial charge in [-0.25, -0.2) is 13.8 Å². The minimum atomic E-state index is -2.68. The predicted molar refractivity (Wildman–Crippen MR) is 45.8 cm³/mol. The average molecular weight is 193 g/mol. The summed E-state index contributed by atoms with van der Waals surface area (Å²) in [6, 6.07) is 4.65. The van der Waals surface area contributed by atoms with Crippen molar-refractivity contribution in [3.05, 3.63) is 29.6 Å². The second-order valence-corrected chi connectivity index (χ2v) is 2.74. The Morgan fingerprint density at radius 2 is 2.21 bits per heavy atom. The summed E-state index contributed by atoms with van der Waals surface area (Å²) in [6.45, 7) is 0. The molecule has 3 nitrogen and oxygen atoms in total. The van der Waals surface area contributed by atoms with Crippen LogP contribution in [0.1, 0.15) is 17.6 Å². The van der Waals surface area contributed by atoms with Gasteiger partial charge < -0.3 is 4.98 Å². The lowest BCUT2D eigenvalue weighted by molar-refractivity contribution is 0.152. The molecule has 1 aromatic heterocycles. The largest absolute Gasteiger partial charge is 0.345 e. The highest BCUT2D eigenvalue weighted by atomic mass is 19.3. The zero-order valence-corrected chi connectivity index (χ0v) is 6.96. The van der Waals surface area contributed by atoms with E-state index >= 15 is 0 Å². The standard InChI is InChI=1S/C9H5F2N3/c10-9(11)7-5(3-12)1-2-6-8(7)14-4-13-6/h1-2,4,9H,(H,13,14). The van der Waals surface area contributed by atoms with Crippen LogP contribution >= 0.6 is 0 Å². The Morgan fingerprint density at radius 3 is 2.86 bits per heavy atom. The van der Waals surface area contributed by atoms with Crippen molar-refractivity contribution in [2.75, 3.05) is 0 Å². The van der Waals surface area contributed by atoms with Crippen molar-refractivity contribution in [3.63, 3.8) is 0 Å². The summed E-state index contributed by atoms with van der Waals surface area (Å²) in [5.41, 5.74) is 0.351. The first kappa shape index (κ1) is 8.63. The van der Waals surface area contributed by atoms with E-state index in [9.17, 15) is 8.78 Å². The van der Waals surface area contributed by atoms with E-state index < -0.39 is 6.43 Å². The van der Waals surface area contributed by atoms with Crippen molar-refractivity contribution in [2.45, 2.75) is 6.43 Å². The monoisotopic (exact) mass is 193 g/mol. The van der Waals surface area contributed by atoms with E-state index in [1.54, 1.807) is 12.1 Å². The molecule has 0 amide bonds. The van der Waals surface area contributed by atoms with Crippen LogP contribution in [0.3, 0.4) is 0 Å². The van der Waals surface area contributed by atoms with Crippen molar-refractivity contribution in [1.29, 1.82) is 5.26 Å². The zero-order chi connectivity index (χ0) is 10.1. The zero-order valence-electron chi connectivity index (χ0n) is 6.96. The number of nitriles is 1. The first-order chi connectivity index (χ1) is 6.74. The summed E-state index contributed by atoms with van der Waals surface area (Å²) in [4.78, 5) is 6.47. The SMILES string of the molecule is N#Cc1ccc2[nH]cnc2c1C(F)F. The second kappa shape index (κ2) is 3.07. The molecule has 70 valence electrons. The number of aromatic nitrogens is 2. The quantitative estimate of drug-likeness (QED) is 0.755. The first-order valence-corrected chi connectivity index (χ1v) is 3.88. The third kappa shape index (κ3) is 1.12. The van der Waals surface area contributed by atoms with E-state index in [4.69, 9.17) is 5.26 Å². The number of H-pyrrole nitrogens is 1. The number of alkyl halides is 2. The van der Waals surface area contributed by atoms with E-state index in [2.05, 4.69) is 9.97 Å². The average Bonchev–Trinajstić information content (AvgIpc) is 2.62. The number of nitrogens with one attached hydrogen (secondary N) is 1. The topological polar surface area (TPSA) is 52.5 Å². The van der Waals surface area contributed by atoms with Crippen molar-refractivity contribution >= 4 is 11.0 Å². The number of fused-ring (bicyclic) bond motifs is 1. The summed E-state index contributed by atoms with van der Waals surface area (Å²) in [5.74, 6) is 0. The van der Waals surface area contributed by atoms with Crippen LogP contribution in [-0.4, -0.2) is 9.97 Å². The van der Waals surface area contributed by atoms with E-state index in [0.717, 1.165) is 0 Å². The van der Waals surface area contributed by atoms with Gasteiger partial charge in [0.2, 0.25) is 0 Å². The Balaban J connectivity index is 2.84. The highest BCUT2D eigenvalue weighted by Gasteiger charge is 2.18. The van der Waals surface area contributed by atoms with Crippen molar-refractivity contribution < 1.29 is 8.78 Å². The van der Waals surface area contributed by atoms with Gasteiger partial charge >= 0.3 is 0 Å². The molecular formula is C9H5F2N3. The molecule has 0 bridgehead atoms. The number of nitrogens with zero attached hydrogens (tertiary/aromatic N) is 2. The van der Waals surface area contributed by atoms with Crippen molar-refractivity contribution in [3.8, 4) is 6.07 Å². The van der Waals surface area contributed by atoms with Gasteiger partial charge in [0.05, 0.1) is 34.6 Å². The number of hydrogen-bond acceptors (Lipinski definition) is 2. The molecule has 0 unspecified atom stereocenters. The fourth-order valence-corrected chi connectivity index (χ4v) is 1.35. The van der Waals surface area contributed by atoms with Gasteiger partial charge in [-0.05, 0) is 12.1 Å². The van der Waals surface area contributed by atoms with Crippen LogP contribution in [0.15, 0.2) is 18.5 Å². The lowest BCUT2D eigenvalue weighted by Crippen LogP contribution is -1.92. The third-order valence-electron chi connectivity index (χ3n) is 1.97. The van der Waals surface area contributed by atoms with Gasteiger partial charge in [0.25, 0.3) is 6.43 Å². The Bertz CT molecular complexity index is 510. The molecule has 0 aliphatic heterocycles. The molecule has 0 radical (unpaired) electrons. The van der Waals surface area contributed by atoms with Gasteiger partial charge in [0, 0.05) is 0 Å². The molecule has 0 saturated heterocycles. The first-order valence-electron chi connectivity index (χ1n) is 3.88. The molecule has 1 heterocycles. The number of aromatic amines is 1. The summed E-state index contributed by atoms with van der Waals surface area (Å²) in [7, 11) is 0. The van der Waals surface area contributed by atoms with Crippen LogP contribution in [-0.2, 0) is 0 Å². The van der Waals surface area contributed by atoms with E-state index in [-0.39, 0.29) is 16.6 Å². The van der Waals surface area contributed by atoms with Crippen LogP contribution in [0.2, 0.25) is 0 Å². The fourth-order valence-electron chi connectivity index (χ4n) is 1.35. The van der Waals surface area contributed by atoms with E-state index in [0.29, 0.717) is 5.52 Å². The van der Waals surface area contributed by atoms with E-state index in [1.165, 1.54) is 12.4 Å². The van der Waals surface area contributed by atoms with Gasteiger partial charge in [-0.1, -0.05) is 0 Å². The highest BCUT2D eigenvalue weighted by Crippen LogP contribution is 2.28. The van der Waals surface area contributed by atoms with Gasteiger partial charge in [-0.15, -0.1) is 0 Å². The number of hydrogen-bond donors (Lipinski definition) is 1. The van der Waals surface area contributed by atoms with Gasteiger partial charge in [-0.3, -0.25) is 0 Å². The summed E-state index contributed by atoms with van der Waals surface area (Å²) >= 11 is 0. The molecule has 1 N–H and O–H groups in total.